The van der Waals surface area contributed by atoms with Gasteiger partial charge < -0.3 is 14.8 Å². The minimum Gasteiger partial charge on any atom is -0.490 e. The van der Waals surface area contributed by atoms with E-state index in [1.807, 2.05) is 31.2 Å². The fourth-order valence-corrected chi connectivity index (χ4v) is 2.94. The maximum atomic E-state index is 12.9. The van der Waals surface area contributed by atoms with Crippen molar-refractivity contribution in [2.24, 2.45) is 5.10 Å². The zero-order valence-corrected chi connectivity index (χ0v) is 19.3. The Kier molecular flexibility index (Phi) is 8.54. The van der Waals surface area contributed by atoms with Gasteiger partial charge in [0.2, 0.25) is 0 Å². The molecule has 0 aliphatic carbocycles. The highest BCUT2D eigenvalue weighted by molar-refractivity contribution is 9.10. The second kappa shape index (κ2) is 11.8. The number of nitrogens with zero attached hydrogens (tertiary/aromatic N) is 1. The Morgan fingerprint density at radius 2 is 1.70 bits per heavy atom. The van der Waals surface area contributed by atoms with Gasteiger partial charge in [-0.2, -0.15) is 5.10 Å². The van der Waals surface area contributed by atoms with Crippen molar-refractivity contribution in [2.45, 2.75) is 13.5 Å². The van der Waals surface area contributed by atoms with Crippen molar-refractivity contribution in [3.05, 3.63) is 88.1 Å². The van der Waals surface area contributed by atoms with Crippen LogP contribution in [0.2, 0.25) is 0 Å². The highest BCUT2D eigenvalue weighted by atomic mass is 79.9. The minimum atomic E-state index is -0.963. The van der Waals surface area contributed by atoms with Gasteiger partial charge in [-0.25, -0.2) is 9.82 Å². The highest BCUT2D eigenvalue weighted by Gasteiger charge is 2.13. The third kappa shape index (κ3) is 7.43. The summed E-state index contributed by atoms with van der Waals surface area (Å²) >= 11 is 3.40. The Bertz CT molecular complexity index is 1140. The number of carbonyl (C=O) groups excluding carboxylic acids is 2. The molecule has 0 radical (unpaired) electrons. The topological polar surface area (TPSA) is 89.0 Å². The first kappa shape index (κ1) is 23.9. The first-order chi connectivity index (χ1) is 15.9. The molecule has 2 amide bonds. The van der Waals surface area contributed by atoms with Crippen LogP contribution in [0.25, 0.3) is 0 Å². The Labute approximate surface area is 198 Å². The number of benzene rings is 3. The number of nitrogens with one attached hydrogen (secondary N) is 2. The number of hydrogen-bond donors (Lipinski definition) is 2. The fourth-order valence-electron chi connectivity index (χ4n) is 2.67. The van der Waals surface area contributed by atoms with Gasteiger partial charge in [-0.3, -0.25) is 9.59 Å². The third-order valence-electron chi connectivity index (χ3n) is 4.26. The summed E-state index contributed by atoms with van der Waals surface area (Å²) in [4.78, 5) is 23.8. The molecule has 170 valence electrons. The van der Waals surface area contributed by atoms with Crippen LogP contribution >= 0.6 is 15.9 Å². The lowest BCUT2D eigenvalue weighted by molar-refractivity contribution is -0.136. The normalized spacial score (nSPS) is 10.6. The molecule has 0 fully saturated rings. The van der Waals surface area contributed by atoms with Crippen LogP contribution in [0.4, 0.5) is 10.1 Å². The molecule has 0 unspecified atom stereocenters. The van der Waals surface area contributed by atoms with Crippen molar-refractivity contribution in [2.75, 3.05) is 11.9 Å². The van der Waals surface area contributed by atoms with Crippen LogP contribution in [-0.2, 0) is 16.2 Å². The molecule has 3 aromatic carbocycles. The van der Waals surface area contributed by atoms with E-state index in [9.17, 15) is 14.0 Å². The Balaban J connectivity index is 1.58. The molecule has 33 heavy (non-hydrogen) atoms. The monoisotopic (exact) mass is 513 g/mol. The van der Waals surface area contributed by atoms with Gasteiger partial charge in [0.1, 0.15) is 12.4 Å². The Hall–Kier alpha value is -3.72. The summed E-state index contributed by atoms with van der Waals surface area (Å²) in [5.74, 6) is -1.24. The SMILES string of the molecule is CCOc1cc(/C=N\NC(=O)C(=O)Nc2ccc(F)cc2)ccc1OCc1ccc(Br)cc1. The third-order valence-corrected chi connectivity index (χ3v) is 4.79. The molecule has 0 aromatic heterocycles. The molecule has 7 nitrogen and oxygen atoms in total. The first-order valence-electron chi connectivity index (χ1n) is 9.98. The van der Waals surface area contributed by atoms with E-state index < -0.39 is 17.6 Å². The molecule has 0 spiro atoms. The zero-order chi connectivity index (χ0) is 23.6. The first-order valence-corrected chi connectivity index (χ1v) is 10.8. The number of hydrazone groups is 1. The number of amides is 2. The van der Waals surface area contributed by atoms with E-state index in [4.69, 9.17) is 9.47 Å². The van der Waals surface area contributed by atoms with E-state index in [1.54, 1.807) is 18.2 Å². The summed E-state index contributed by atoms with van der Waals surface area (Å²) < 4.78 is 25.4. The van der Waals surface area contributed by atoms with E-state index in [2.05, 4.69) is 31.8 Å². The average Bonchev–Trinajstić information content (AvgIpc) is 2.81. The summed E-state index contributed by atoms with van der Waals surface area (Å²) in [7, 11) is 0. The lowest BCUT2D eigenvalue weighted by atomic mass is 10.2. The number of anilines is 1. The predicted molar refractivity (Wildman–Crippen MR) is 127 cm³/mol. The van der Waals surface area contributed by atoms with E-state index in [0.29, 0.717) is 36.0 Å². The van der Waals surface area contributed by atoms with Crippen molar-refractivity contribution in [1.82, 2.24) is 5.43 Å². The number of hydrogen-bond acceptors (Lipinski definition) is 5. The summed E-state index contributed by atoms with van der Waals surface area (Å²) in [6.07, 6.45) is 1.38. The van der Waals surface area contributed by atoms with Gasteiger partial charge in [0.15, 0.2) is 11.5 Å². The van der Waals surface area contributed by atoms with Gasteiger partial charge >= 0.3 is 11.8 Å². The summed E-state index contributed by atoms with van der Waals surface area (Å²) in [6.45, 7) is 2.68. The molecule has 2 N–H and O–H groups in total. The van der Waals surface area contributed by atoms with Gasteiger partial charge in [-0.05, 0) is 72.6 Å². The molecule has 0 aliphatic heterocycles. The summed E-state index contributed by atoms with van der Waals surface area (Å²) in [5.41, 5.74) is 4.08. The van der Waals surface area contributed by atoms with Crippen LogP contribution in [0.3, 0.4) is 0 Å². The molecule has 0 atom stereocenters. The molecule has 3 aromatic rings. The van der Waals surface area contributed by atoms with E-state index >= 15 is 0 Å². The van der Waals surface area contributed by atoms with Gasteiger partial charge in [0.25, 0.3) is 0 Å². The fraction of sp³-hybridized carbons (Fsp3) is 0.125. The molecule has 0 bridgehead atoms. The van der Waals surface area contributed by atoms with Crippen molar-refractivity contribution in [3.63, 3.8) is 0 Å². The second-order valence-electron chi connectivity index (χ2n) is 6.71. The predicted octanol–water partition coefficient (Wildman–Crippen LogP) is 4.65. The van der Waals surface area contributed by atoms with Gasteiger partial charge in [-0.1, -0.05) is 28.1 Å². The number of carbonyl (C=O) groups is 2. The second-order valence-corrected chi connectivity index (χ2v) is 7.63. The standard InChI is InChI=1S/C24H21BrFN3O4/c1-2-32-22-13-17(5-12-21(22)33-15-16-3-6-18(25)7-4-16)14-27-29-24(31)23(30)28-20-10-8-19(26)9-11-20/h3-14H,2,15H2,1H3,(H,28,30)(H,29,31)/b27-14-. The zero-order valence-electron chi connectivity index (χ0n) is 17.7. The minimum absolute atomic E-state index is 0.292. The molecule has 0 saturated carbocycles. The van der Waals surface area contributed by atoms with Gasteiger partial charge in [0.05, 0.1) is 12.8 Å². The van der Waals surface area contributed by atoms with Crippen LogP contribution < -0.4 is 20.2 Å². The number of ether oxygens (including phenoxy) is 2. The van der Waals surface area contributed by atoms with Crippen LogP contribution in [0.15, 0.2) is 76.3 Å². The quantitative estimate of drug-likeness (QED) is 0.260. The van der Waals surface area contributed by atoms with Crippen LogP contribution in [-0.4, -0.2) is 24.6 Å². The summed E-state index contributed by atoms with van der Waals surface area (Å²) in [6, 6.07) is 18.0. The molecule has 3 rings (SSSR count). The van der Waals surface area contributed by atoms with Crippen LogP contribution in [0, 0.1) is 5.82 Å². The molecule has 9 heteroatoms. The molecule has 0 heterocycles. The molecular weight excluding hydrogens is 493 g/mol. The smallest absolute Gasteiger partial charge is 0.329 e. The molecular formula is C24H21BrFN3O4. The lowest BCUT2D eigenvalue weighted by Crippen LogP contribution is -2.32. The highest BCUT2D eigenvalue weighted by Crippen LogP contribution is 2.29. The number of rotatable bonds is 8. The van der Waals surface area contributed by atoms with E-state index in [1.165, 1.54) is 30.5 Å². The molecule has 0 saturated heterocycles. The lowest BCUT2D eigenvalue weighted by Gasteiger charge is -2.12. The van der Waals surface area contributed by atoms with E-state index in [-0.39, 0.29) is 0 Å². The molecule has 0 aliphatic rings. The Morgan fingerprint density at radius 3 is 2.39 bits per heavy atom. The van der Waals surface area contributed by atoms with E-state index in [0.717, 1.165) is 10.0 Å². The Morgan fingerprint density at radius 1 is 0.970 bits per heavy atom. The van der Waals surface area contributed by atoms with Crippen molar-refractivity contribution in [3.8, 4) is 11.5 Å². The van der Waals surface area contributed by atoms with Crippen LogP contribution in [0.1, 0.15) is 18.1 Å². The summed E-state index contributed by atoms with van der Waals surface area (Å²) in [5, 5.41) is 6.16. The average molecular weight is 514 g/mol. The largest absolute Gasteiger partial charge is 0.490 e. The van der Waals surface area contributed by atoms with Crippen molar-refractivity contribution >= 4 is 39.6 Å². The van der Waals surface area contributed by atoms with Gasteiger partial charge in [-0.15, -0.1) is 0 Å². The van der Waals surface area contributed by atoms with Crippen LogP contribution in [0.5, 0.6) is 11.5 Å². The van der Waals surface area contributed by atoms with Crippen molar-refractivity contribution < 1.29 is 23.5 Å². The van der Waals surface area contributed by atoms with Gasteiger partial charge in [0, 0.05) is 10.2 Å². The maximum Gasteiger partial charge on any atom is 0.329 e. The maximum absolute atomic E-state index is 12.9. The van der Waals surface area contributed by atoms with Crippen molar-refractivity contribution in [1.29, 1.82) is 0 Å². The number of halogens is 2.